The van der Waals surface area contributed by atoms with E-state index in [1.807, 2.05) is 24.3 Å². The Hall–Kier alpha value is -1.75. The minimum absolute atomic E-state index is 0.199. The van der Waals surface area contributed by atoms with Gasteiger partial charge < -0.3 is 20.9 Å². The van der Waals surface area contributed by atoms with E-state index in [-0.39, 0.29) is 6.03 Å². The molecule has 2 amide bonds. The lowest BCUT2D eigenvalue weighted by molar-refractivity contribution is 0.190. The second-order valence-corrected chi connectivity index (χ2v) is 5.48. The van der Waals surface area contributed by atoms with Gasteiger partial charge in [0.15, 0.2) is 0 Å². The Morgan fingerprint density at radius 1 is 1.25 bits per heavy atom. The Morgan fingerprint density at radius 3 is 2.50 bits per heavy atom. The molecule has 2 atom stereocenters. The molecule has 5 nitrogen and oxygen atoms in total. The largest absolute Gasteiger partial charge is 0.382 e. The van der Waals surface area contributed by atoms with Crippen LogP contribution >= 0.6 is 0 Å². The van der Waals surface area contributed by atoms with Crippen LogP contribution in [0.2, 0.25) is 0 Å². The van der Waals surface area contributed by atoms with Crippen LogP contribution in [0.25, 0.3) is 0 Å². The highest BCUT2D eigenvalue weighted by Crippen LogP contribution is 2.21. The van der Waals surface area contributed by atoms with Crippen molar-refractivity contribution in [2.24, 2.45) is 0 Å². The number of likely N-dealkylation sites (tertiary alicyclic amines) is 1. The molecular weight excluding hydrogens is 252 g/mol. The fourth-order valence-corrected chi connectivity index (χ4v) is 2.50. The van der Waals surface area contributed by atoms with Crippen molar-refractivity contribution in [1.29, 1.82) is 0 Å². The summed E-state index contributed by atoms with van der Waals surface area (Å²) in [5, 5.41) is 8.85. The van der Waals surface area contributed by atoms with Crippen LogP contribution in [0.3, 0.4) is 0 Å². The molecule has 3 N–H and O–H groups in total. The SMILES string of the molecule is CNC(=O)Nc1ccc(NC2CCN(C)C(C)C2)cc1. The number of piperidine rings is 1. The van der Waals surface area contributed by atoms with Gasteiger partial charge in [0.25, 0.3) is 0 Å². The van der Waals surface area contributed by atoms with Crippen LogP contribution < -0.4 is 16.0 Å². The zero-order chi connectivity index (χ0) is 14.5. The fourth-order valence-electron chi connectivity index (χ4n) is 2.50. The average molecular weight is 276 g/mol. The number of urea groups is 1. The molecule has 0 aliphatic carbocycles. The van der Waals surface area contributed by atoms with E-state index in [1.54, 1.807) is 7.05 Å². The molecule has 1 fully saturated rings. The second kappa shape index (κ2) is 6.61. The van der Waals surface area contributed by atoms with E-state index >= 15 is 0 Å². The molecule has 0 saturated carbocycles. The van der Waals surface area contributed by atoms with Gasteiger partial charge in [-0.1, -0.05) is 0 Å². The predicted molar refractivity (Wildman–Crippen MR) is 83.3 cm³/mol. The van der Waals surface area contributed by atoms with E-state index in [0.29, 0.717) is 12.1 Å². The van der Waals surface area contributed by atoms with Gasteiger partial charge in [-0.3, -0.25) is 0 Å². The Balaban J connectivity index is 1.89. The highest BCUT2D eigenvalue weighted by molar-refractivity contribution is 5.89. The van der Waals surface area contributed by atoms with Gasteiger partial charge >= 0.3 is 6.03 Å². The molecule has 1 aliphatic rings. The Bertz CT molecular complexity index is 446. The standard InChI is InChI=1S/C15H24N4O/c1-11-10-14(8-9-19(11)3)17-12-4-6-13(7-5-12)18-15(20)16-2/h4-7,11,14,17H,8-10H2,1-3H3,(H2,16,18,20). The molecule has 2 unspecified atom stereocenters. The monoisotopic (exact) mass is 276 g/mol. The molecule has 1 aliphatic heterocycles. The van der Waals surface area contributed by atoms with Crippen molar-refractivity contribution in [1.82, 2.24) is 10.2 Å². The van der Waals surface area contributed by atoms with Crippen LogP contribution in [0.4, 0.5) is 16.2 Å². The summed E-state index contributed by atoms with van der Waals surface area (Å²) in [5.41, 5.74) is 1.90. The first-order chi connectivity index (χ1) is 9.58. The van der Waals surface area contributed by atoms with Gasteiger partial charge in [0.05, 0.1) is 0 Å². The number of nitrogens with one attached hydrogen (secondary N) is 3. The maximum Gasteiger partial charge on any atom is 0.318 e. The van der Waals surface area contributed by atoms with Gasteiger partial charge in [0.2, 0.25) is 0 Å². The molecule has 0 aromatic heterocycles. The van der Waals surface area contributed by atoms with E-state index in [1.165, 1.54) is 6.42 Å². The number of hydrogen-bond donors (Lipinski definition) is 3. The number of rotatable bonds is 3. The van der Waals surface area contributed by atoms with Crippen molar-refractivity contribution in [3.8, 4) is 0 Å². The van der Waals surface area contributed by atoms with Crippen LogP contribution in [0.1, 0.15) is 19.8 Å². The number of benzene rings is 1. The van der Waals surface area contributed by atoms with Crippen molar-refractivity contribution in [3.05, 3.63) is 24.3 Å². The number of nitrogens with zero attached hydrogens (tertiary/aromatic N) is 1. The quantitative estimate of drug-likeness (QED) is 0.794. The molecule has 1 aromatic rings. The Labute approximate surface area is 120 Å². The lowest BCUT2D eigenvalue weighted by Gasteiger charge is -2.35. The van der Waals surface area contributed by atoms with Crippen molar-refractivity contribution in [2.75, 3.05) is 31.3 Å². The lowest BCUT2D eigenvalue weighted by atomic mass is 9.98. The maximum atomic E-state index is 11.2. The summed E-state index contributed by atoms with van der Waals surface area (Å²) in [6, 6.07) is 8.79. The van der Waals surface area contributed by atoms with Crippen LogP contribution in [-0.4, -0.2) is 43.7 Å². The molecule has 1 aromatic carbocycles. The van der Waals surface area contributed by atoms with E-state index in [0.717, 1.165) is 24.3 Å². The van der Waals surface area contributed by atoms with Gasteiger partial charge in [-0.2, -0.15) is 0 Å². The van der Waals surface area contributed by atoms with Crippen LogP contribution in [0, 0.1) is 0 Å². The average Bonchev–Trinajstić information content (AvgIpc) is 2.45. The molecular formula is C15H24N4O. The van der Waals surface area contributed by atoms with Crippen LogP contribution in [0.5, 0.6) is 0 Å². The molecule has 5 heteroatoms. The summed E-state index contributed by atoms with van der Waals surface area (Å²) < 4.78 is 0. The van der Waals surface area contributed by atoms with Crippen molar-refractivity contribution < 1.29 is 4.79 Å². The molecule has 110 valence electrons. The molecule has 0 spiro atoms. The minimum atomic E-state index is -0.199. The summed E-state index contributed by atoms with van der Waals surface area (Å²) in [4.78, 5) is 13.6. The van der Waals surface area contributed by atoms with Gasteiger partial charge in [-0.25, -0.2) is 4.79 Å². The minimum Gasteiger partial charge on any atom is -0.382 e. The van der Waals surface area contributed by atoms with E-state index < -0.39 is 0 Å². The van der Waals surface area contributed by atoms with Gasteiger partial charge in [0.1, 0.15) is 0 Å². The Morgan fingerprint density at radius 2 is 1.90 bits per heavy atom. The van der Waals surface area contributed by atoms with E-state index in [2.05, 4.69) is 34.8 Å². The molecule has 20 heavy (non-hydrogen) atoms. The summed E-state index contributed by atoms with van der Waals surface area (Å²) >= 11 is 0. The summed E-state index contributed by atoms with van der Waals surface area (Å²) in [5.74, 6) is 0. The molecule has 0 radical (unpaired) electrons. The Kier molecular flexibility index (Phi) is 4.84. The highest BCUT2D eigenvalue weighted by Gasteiger charge is 2.22. The van der Waals surface area contributed by atoms with Crippen LogP contribution in [-0.2, 0) is 0 Å². The predicted octanol–water partition coefficient (Wildman–Crippen LogP) is 2.33. The number of amides is 2. The number of hydrogen-bond acceptors (Lipinski definition) is 3. The summed E-state index contributed by atoms with van der Waals surface area (Å²) in [6.45, 7) is 3.40. The number of carbonyl (C=O) groups excluding carboxylic acids is 1. The van der Waals surface area contributed by atoms with Crippen molar-refractivity contribution in [3.63, 3.8) is 0 Å². The molecule has 2 rings (SSSR count). The first kappa shape index (κ1) is 14.7. The molecule has 1 saturated heterocycles. The van der Waals surface area contributed by atoms with E-state index in [9.17, 15) is 4.79 Å². The van der Waals surface area contributed by atoms with Gasteiger partial charge in [-0.15, -0.1) is 0 Å². The second-order valence-electron chi connectivity index (χ2n) is 5.48. The summed E-state index contributed by atoms with van der Waals surface area (Å²) in [7, 11) is 3.78. The normalized spacial score (nSPS) is 23.1. The zero-order valence-electron chi connectivity index (χ0n) is 12.4. The fraction of sp³-hybridized carbons (Fsp3) is 0.533. The molecule has 1 heterocycles. The highest BCUT2D eigenvalue weighted by atomic mass is 16.2. The smallest absolute Gasteiger partial charge is 0.318 e. The van der Waals surface area contributed by atoms with Crippen molar-refractivity contribution in [2.45, 2.75) is 31.8 Å². The lowest BCUT2D eigenvalue weighted by Crippen LogP contribution is -2.42. The van der Waals surface area contributed by atoms with Crippen LogP contribution in [0.15, 0.2) is 24.3 Å². The van der Waals surface area contributed by atoms with Gasteiger partial charge in [-0.05, 0) is 51.1 Å². The first-order valence-electron chi connectivity index (χ1n) is 7.14. The van der Waals surface area contributed by atoms with Crippen molar-refractivity contribution >= 4 is 17.4 Å². The maximum absolute atomic E-state index is 11.2. The third-order valence-corrected chi connectivity index (χ3v) is 3.95. The summed E-state index contributed by atoms with van der Waals surface area (Å²) in [6.07, 6.45) is 2.33. The number of anilines is 2. The van der Waals surface area contributed by atoms with E-state index in [4.69, 9.17) is 0 Å². The molecule has 0 bridgehead atoms. The first-order valence-corrected chi connectivity index (χ1v) is 7.14. The third-order valence-electron chi connectivity index (χ3n) is 3.95. The zero-order valence-corrected chi connectivity index (χ0v) is 12.4. The topological polar surface area (TPSA) is 56.4 Å². The number of carbonyl (C=O) groups is 1. The third kappa shape index (κ3) is 3.87. The van der Waals surface area contributed by atoms with Gasteiger partial charge in [0, 0.05) is 37.1 Å².